The molecule has 0 aliphatic carbocycles. The molecule has 0 radical (unpaired) electrons. The number of phenolic OH excluding ortho intramolecular Hbond substituents is 1. The van der Waals surface area contributed by atoms with Crippen molar-refractivity contribution in [3.8, 4) is 5.75 Å². The van der Waals surface area contributed by atoms with Crippen LogP contribution in [0.25, 0.3) is 0 Å². The lowest BCUT2D eigenvalue weighted by Crippen LogP contribution is -2.07. The van der Waals surface area contributed by atoms with Gasteiger partial charge in [-0.3, -0.25) is 0 Å². The maximum atomic E-state index is 13.0. The van der Waals surface area contributed by atoms with E-state index in [1.54, 1.807) is 12.1 Å². The first-order valence-corrected chi connectivity index (χ1v) is 4.27. The molecule has 0 heterocycles. The maximum Gasteiger partial charge on any atom is 0.141 e. The predicted octanol–water partition coefficient (Wildman–Crippen LogP) is 2.12. The number of alkyl halides is 1. The van der Waals surface area contributed by atoms with Crippen LogP contribution in [-0.4, -0.2) is 11.7 Å². The Morgan fingerprint density at radius 2 is 2.25 bits per heavy atom. The van der Waals surface area contributed by atoms with E-state index in [0.717, 1.165) is 0 Å². The number of aromatic hydroxyl groups is 1. The van der Waals surface area contributed by atoms with E-state index in [1.165, 1.54) is 6.07 Å². The van der Waals surface area contributed by atoms with Gasteiger partial charge in [-0.2, -0.15) is 0 Å². The predicted molar refractivity (Wildman–Crippen MR) is 48.7 cm³/mol. The minimum Gasteiger partial charge on any atom is -0.506 e. The summed E-state index contributed by atoms with van der Waals surface area (Å²) in [6.45, 7) is -0.121. The Morgan fingerprint density at radius 1 is 1.58 bits per heavy atom. The number of phenols is 1. The number of para-hydroxylation sites is 1. The van der Waals surface area contributed by atoms with Crippen molar-refractivity contribution < 1.29 is 9.50 Å². The molecular formula is C8H9BrFNO. The largest absolute Gasteiger partial charge is 0.506 e. The fourth-order valence-corrected chi connectivity index (χ4v) is 1.29. The SMILES string of the molecule is NCC(F)c1cccc(Br)c1O. The number of rotatable bonds is 2. The summed E-state index contributed by atoms with van der Waals surface area (Å²) in [6.07, 6.45) is -1.30. The van der Waals surface area contributed by atoms with E-state index < -0.39 is 6.17 Å². The van der Waals surface area contributed by atoms with Crippen molar-refractivity contribution in [2.75, 3.05) is 6.54 Å². The van der Waals surface area contributed by atoms with E-state index in [2.05, 4.69) is 15.9 Å². The highest BCUT2D eigenvalue weighted by Crippen LogP contribution is 2.32. The van der Waals surface area contributed by atoms with Gasteiger partial charge in [-0.15, -0.1) is 0 Å². The summed E-state index contributed by atoms with van der Waals surface area (Å²) in [5.74, 6) is -0.0737. The number of nitrogens with two attached hydrogens (primary N) is 1. The van der Waals surface area contributed by atoms with Crippen molar-refractivity contribution in [2.45, 2.75) is 6.17 Å². The zero-order valence-electron chi connectivity index (χ0n) is 6.30. The van der Waals surface area contributed by atoms with Crippen molar-refractivity contribution in [2.24, 2.45) is 5.73 Å². The van der Waals surface area contributed by atoms with Gasteiger partial charge in [0.1, 0.15) is 11.9 Å². The lowest BCUT2D eigenvalue weighted by Gasteiger charge is -2.08. The zero-order valence-corrected chi connectivity index (χ0v) is 7.88. The van der Waals surface area contributed by atoms with Gasteiger partial charge in [0.15, 0.2) is 0 Å². The molecule has 0 aliphatic rings. The molecule has 0 aromatic heterocycles. The van der Waals surface area contributed by atoms with Gasteiger partial charge in [0.05, 0.1) is 4.47 Å². The van der Waals surface area contributed by atoms with E-state index >= 15 is 0 Å². The molecule has 0 spiro atoms. The lowest BCUT2D eigenvalue weighted by molar-refractivity contribution is 0.337. The third kappa shape index (κ3) is 1.76. The maximum absolute atomic E-state index is 13.0. The zero-order chi connectivity index (χ0) is 9.14. The van der Waals surface area contributed by atoms with Crippen LogP contribution in [0.1, 0.15) is 11.7 Å². The summed E-state index contributed by atoms with van der Waals surface area (Å²) < 4.78 is 13.5. The number of benzene rings is 1. The van der Waals surface area contributed by atoms with E-state index in [1.807, 2.05) is 0 Å². The van der Waals surface area contributed by atoms with Crippen molar-refractivity contribution in [1.29, 1.82) is 0 Å². The molecular weight excluding hydrogens is 225 g/mol. The van der Waals surface area contributed by atoms with Gasteiger partial charge in [-0.05, 0) is 22.0 Å². The second-order valence-electron chi connectivity index (χ2n) is 2.38. The number of halogens is 2. The van der Waals surface area contributed by atoms with Crippen LogP contribution >= 0.6 is 15.9 Å². The molecule has 0 aliphatic heterocycles. The first kappa shape index (κ1) is 9.48. The summed E-state index contributed by atoms with van der Waals surface area (Å²) in [5.41, 5.74) is 5.35. The minimum atomic E-state index is -1.30. The second kappa shape index (κ2) is 3.87. The summed E-state index contributed by atoms with van der Waals surface area (Å²) in [4.78, 5) is 0. The highest BCUT2D eigenvalue weighted by Gasteiger charge is 2.13. The topological polar surface area (TPSA) is 46.2 Å². The molecule has 0 bridgehead atoms. The van der Waals surface area contributed by atoms with Crippen LogP contribution in [0.2, 0.25) is 0 Å². The van der Waals surface area contributed by atoms with Crippen LogP contribution in [0, 0.1) is 0 Å². The molecule has 1 atom stereocenters. The Kier molecular flexibility index (Phi) is 3.05. The second-order valence-corrected chi connectivity index (χ2v) is 3.24. The summed E-state index contributed by atoms with van der Waals surface area (Å²) in [5, 5.41) is 9.36. The van der Waals surface area contributed by atoms with Gasteiger partial charge in [-0.25, -0.2) is 4.39 Å². The number of hydrogen-bond acceptors (Lipinski definition) is 2. The Hall–Kier alpha value is -0.610. The van der Waals surface area contributed by atoms with Crippen LogP contribution in [0.4, 0.5) is 4.39 Å². The van der Waals surface area contributed by atoms with Crippen LogP contribution in [0.5, 0.6) is 5.75 Å². The van der Waals surface area contributed by atoms with E-state index in [9.17, 15) is 9.50 Å². The summed E-state index contributed by atoms with van der Waals surface area (Å²) in [6, 6.07) is 4.81. The van der Waals surface area contributed by atoms with Crippen LogP contribution in [0.3, 0.4) is 0 Å². The standard InChI is InChI=1S/C8H9BrFNO/c9-6-3-1-2-5(8(6)12)7(10)4-11/h1-3,7,12H,4,11H2. The van der Waals surface area contributed by atoms with Crippen molar-refractivity contribution in [3.63, 3.8) is 0 Å². The molecule has 0 saturated carbocycles. The molecule has 2 nitrogen and oxygen atoms in total. The average molecular weight is 234 g/mol. The molecule has 0 fully saturated rings. The van der Waals surface area contributed by atoms with Gasteiger partial charge in [0.25, 0.3) is 0 Å². The van der Waals surface area contributed by atoms with E-state index in [0.29, 0.717) is 4.47 Å². The normalized spacial score (nSPS) is 12.9. The molecule has 1 unspecified atom stereocenters. The summed E-state index contributed by atoms with van der Waals surface area (Å²) in [7, 11) is 0. The van der Waals surface area contributed by atoms with Crippen LogP contribution in [0.15, 0.2) is 22.7 Å². The fraction of sp³-hybridized carbons (Fsp3) is 0.250. The van der Waals surface area contributed by atoms with Gasteiger partial charge >= 0.3 is 0 Å². The minimum absolute atomic E-state index is 0.0737. The Bertz CT molecular complexity index is 280. The van der Waals surface area contributed by atoms with Crippen LogP contribution < -0.4 is 5.73 Å². The third-order valence-electron chi connectivity index (χ3n) is 1.56. The van der Waals surface area contributed by atoms with Gasteiger partial charge in [0, 0.05) is 12.1 Å². The highest BCUT2D eigenvalue weighted by atomic mass is 79.9. The molecule has 3 N–H and O–H groups in total. The third-order valence-corrected chi connectivity index (χ3v) is 2.20. The quantitative estimate of drug-likeness (QED) is 0.823. The molecule has 4 heteroatoms. The first-order valence-electron chi connectivity index (χ1n) is 3.48. The molecule has 66 valence electrons. The molecule has 1 aromatic rings. The first-order chi connectivity index (χ1) is 5.66. The monoisotopic (exact) mass is 233 g/mol. The van der Waals surface area contributed by atoms with E-state index in [4.69, 9.17) is 5.73 Å². The Labute approximate surface area is 78.3 Å². The van der Waals surface area contributed by atoms with Crippen molar-refractivity contribution in [1.82, 2.24) is 0 Å². The van der Waals surface area contributed by atoms with Gasteiger partial charge < -0.3 is 10.8 Å². The smallest absolute Gasteiger partial charge is 0.141 e. The highest BCUT2D eigenvalue weighted by molar-refractivity contribution is 9.10. The molecule has 0 amide bonds. The average Bonchev–Trinajstić information content (AvgIpc) is 2.08. The molecule has 1 rings (SSSR count). The Balaban J connectivity index is 3.07. The van der Waals surface area contributed by atoms with E-state index in [-0.39, 0.29) is 17.9 Å². The van der Waals surface area contributed by atoms with Crippen LogP contribution in [-0.2, 0) is 0 Å². The van der Waals surface area contributed by atoms with Crippen molar-refractivity contribution >= 4 is 15.9 Å². The fourth-order valence-electron chi connectivity index (χ4n) is 0.912. The summed E-state index contributed by atoms with van der Waals surface area (Å²) >= 11 is 3.09. The van der Waals surface area contributed by atoms with Crippen molar-refractivity contribution in [3.05, 3.63) is 28.2 Å². The van der Waals surface area contributed by atoms with Gasteiger partial charge in [0.2, 0.25) is 0 Å². The lowest BCUT2D eigenvalue weighted by atomic mass is 10.1. The molecule has 1 aromatic carbocycles. The molecule has 12 heavy (non-hydrogen) atoms. The van der Waals surface area contributed by atoms with Gasteiger partial charge in [-0.1, -0.05) is 12.1 Å². The molecule has 0 saturated heterocycles. The Morgan fingerprint density at radius 3 is 2.83 bits per heavy atom. The number of hydrogen-bond donors (Lipinski definition) is 2.